The van der Waals surface area contributed by atoms with Crippen molar-refractivity contribution >= 4 is 68.6 Å². The Kier molecular flexibility index (Phi) is 8.66. The first-order chi connectivity index (χ1) is 27.4. The fraction of sp³-hybridized carbons (Fsp3) is 0.304. The molecule has 56 heavy (non-hydrogen) atoms. The van der Waals surface area contributed by atoms with Gasteiger partial charge in [-0.2, -0.15) is 0 Å². The van der Waals surface area contributed by atoms with Crippen molar-refractivity contribution in [3.63, 3.8) is 0 Å². The Morgan fingerprint density at radius 3 is 1.43 bits per heavy atom. The molecule has 2 atom stereocenters. The average molecular weight is 803 g/mol. The number of thiophene rings is 4. The van der Waals surface area contributed by atoms with Gasteiger partial charge in [-0.25, -0.2) is 20.2 Å². The van der Waals surface area contributed by atoms with Crippen LogP contribution in [0.15, 0.2) is 83.6 Å². The zero-order chi connectivity index (χ0) is 38.0. The van der Waals surface area contributed by atoms with Crippen molar-refractivity contribution in [2.75, 3.05) is 0 Å². The maximum Gasteiger partial charge on any atom is 0.263 e. The van der Waals surface area contributed by atoms with Crippen molar-refractivity contribution in [3.05, 3.63) is 137 Å². The number of nitrogens with zero attached hydrogens (tertiary/aromatic N) is 4. The van der Waals surface area contributed by atoms with Crippen LogP contribution in [0.1, 0.15) is 94.8 Å². The van der Waals surface area contributed by atoms with Crippen molar-refractivity contribution < 1.29 is 9.47 Å². The van der Waals surface area contributed by atoms with E-state index in [1.54, 1.807) is 34.8 Å². The zero-order valence-electron chi connectivity index (χ0n) is 30.4. The van der Waals surface area contributed by atoms with E-state index in [1.807, 2.05) is 46.9 Å². The Bertz CT molecular complexity index is 2460. The molecule has 2 fully saturated rings. The first-order valence-electron chi connectivity index (χ1n) is 19.2. The number of ether oxygens (including phenoxy) is 2. The lowest BCUT2D eigenvalue weighted by Gasteiger charge is -2.46. The molecule has 0 N–H and O–H groups in total. The Labute approximate surface area is 342 Å². The molecule has 0 amide bonds. The second-order valence-electron chi connectivity index (χ2n) is 15.3. The summed E-state index contributed by atoms with van der Waals surface area (Å²) >= 11 is 6.92. The molecule has 4 aromatic rings. The molecule has 6 aliphatic rings. The molecule has 0 saturated heterocycles. The van der Waals surface area contributed by atoms with E-state index >= 15 is 0 Å². The second kappa shape index (κ2) is 13.8. The molecular weight excluding hydrogens is 769 g/mol. The lowest BCUT2D eigenvalue weighted by molar-refractivity contribution is -0.0338. The SMILES string of the molecule is [C-]#[N+]/C(C#N)=C\c1ccc(-c2cc3c(s2)C2=CC4C=C5OC6(CCCCC6)c6cc(-c7ccc(/C=C(\C#N)[N+]#[C-])s7)sc6C5=CC4C=C2OC32CCCCC2)s1. The molecule has 0 radical (unpaired) electrons. The molecule has 10 heteroatoms. The van der Waals surface area contributed by atoms with Crippen LogP contribution in [0.3, 0.4) is 0 Å². The normalized spacial score (nSPS) is 22.7. The van der Waals surface area contributed by atoms with Crippen LogP contribution in [0.2, 0.25) is 0 Å². The third-order valence-electron chi connectivity index (χ3n) is 12.0. The van der Waals surface area contributed by atoms with E-state index < -0.39 is 0 Å². The number of hydrogen-bond donors (Lipinski definition) is 0. The van der Waals surface area contributed by atoms with Crippen molar-refractivity contribution in [3.8, 4) is 31.6 Å². The summed E-state index contributed by atoms with van der Waals surface area (Å²) in [5.41, 5.74) is 4.49. The van der Waals surface area contributed by atoms with E-state index in [9.17, 15) is 10.5 Å². The first kappa shape index (κ1) is 35.2. The van der Waals surface area contributed by atoms with Gasteiger partial charge in [0.25, 0.3) is 11.4 Å². The Balaban J connectivity index is 1.04. The predicted octanol–water partition coefficient (Wildman–Crippen LogP) is 13.7. The largest absolute Gasteiger partial charge is 0.482 e. The minimum Gasteiger partial charge on any atom is -0.482 e. The van der Waals surface area contributed by atoms with Gasteiger partial charge in [-0.3, -0.25) is 0 Å². The van der Waals surface area contributed by atoms with Gasteiger partial charge in [-0.05, 0) is 112 Å². The van der Waals surface area contributed by atoms with E-state index in [4.69, 9.17) is 22.6 Å². The molecule has 2 spiro atoms. The van der Waals surface area contributed by atoms with Crippen LogP contribution < -0.4 is 0 Å². The zero-order valence-corrected chi connectivity index (χ0v) is 33.7. The van der Waals surface area contributed by atoms with Gasteiger partial charge in [-0.15, -0.1) is 45.3 Å². The van der Waals surface area contributed by atoms with E-state index in [2.05, 4.69) is 58.3 Å². The summed E-state index contributed by atoms with van der Waals surface area (Å²) in [4.78, 5) is 15.8. The number of allylic oxidation sites excluding steroid dienone is 8. The summed E-state index contributed by atoms with van der Waals surface area (Å²) in [5, 5.41) is 18.7. The Hall–Kier alpha value is -5.20. The van der Waals surface area contributed by atoms with Gasteiger partial charge in [0.1, 0.15) is 22.7 Å². The molecule has 4 aliphatic carbocycles. The molecule has 274 valence electrons. The average Bonchev–Trinajstić information content (AvgIpc) is 4.06. The summed E-state index contributed by atoms with van der Waals surface area (Å²) in [6.07, 6.45) is 24.0. The molecular formula is C46H34N4O2S4. The maximum atomic E-state index is 9.33. The highest BCUT2D eigenvalue weighted by atomic mass is 32.1. The summed E-state index contributed by atoms with van der Waals surface area (Å²) in [6, 6.07) is 16.9. The minimum absolute atomic E-state index is 0.0971. The quantitative estimate of drug-likeness (QED) is 0.152. The highest BCUT2D eigenvalue weighted by Crippen LogP contribution is 2.60. The number of fused-ring (bicyclic) bond motifs is 9. The third-order valence-corrected chi connectivity index (χ3v) is 16.8. The lowest BCUT2D eigenvalue weighted by atomic mass is 9.72. The Morgan fingerprint density at radius 2 is 1.04 bits per heavy atom. The predicted molar refractivity (Wildman–Crippen MR) is 226 cm³/mol. The Morgan fingerprint density at radius 1 is 0.607 bits per heavy atom. The highest BCUT2D eigenvalue weighted by molar-refractivity contribution is 7.23. The van der Waals surface area contributed by atoms with Gasteiger partial charge >= 0.3 is 0 Å². The summed E-state index contributed by atoms with van der Waals surface area (Å²) in [6.45, 7) is 14.6. The van der Waals surface area contributed by atoms with Crippen molar-refractivity contribution in [1.29, 1.82) is 10.5 Å². The third kappa shape index (κ3) is 5.79. The number of nitriles is 2. The molecule has 2 saturated carbocycles. The minimum atomic E-state index is -0.339. The fourth-order valence-corrected chi connectivity index (χ4v) is 14.0. The van der Waals surface area contributed by atoms with Crippen molar-refractivity contribution in [1.82, 2.24) is 0 Å². The van der Waals surface area contributed by atoms with Crippen LogP contribution in [-0.4, -0.2) is 0 Å². The van der Waals surface area contributed by atoms with Crippen LogP contribution in [0.25, 0.3) is 52.5 Å². The van der Waals surface area contributed by atoms with E-state index in [1.165, 1.54) is 54.6 Å². The molecule has 6 nitrogen and oxygen atoms in total. The smallest absolute Gasteiger partial charge is 0.263 e. The van der Waals surface area contributed by atoms with Gasteiger partial charge in [-0.1, -0.05) is 25.0 Å². The second-order valence-corrected chi connectivity index (χ2v) is 19.6. The van der Waals surface area contributed by atoms with Crippen LogP contribution in [0.5, 0.6) is 0 Å². The van der Waals surface area contributed by atoms with Gasteiger partial charge in [0.05, 0.1) is 25.3 Å². The topological polar surface area (TPSA) is 74.8 Å². The van der Waals surface area contributed by atoms with Crippen molar-refractivity contribution in [2.45, 2.75) is 75.4 Å². The van der Waals surface area contributed by atoms with E-state index in [0.717, 1.165) is 82.4 Å². The summed E-state index contributed by atoms with van der Waals surface area (Å²) < 4.78 is 14.5. The molecule has 4 aromatic heterocycles. The van der Waals surface area contributed by atoms with Gasteiger partial charge in [0.15, 0.2) is 0 Å². The van der Waals surface area contributed by atoms with Gasteiger partial charge in [0, 0.05) is 73.1 Å². The standard InChI is InChI=1S/C46H34N4O2S4/c1-49-29(25-47)21-31-9-11-39(53-31)41-23-35-43(55-41)33-17-27-20-38-34(18-28(27)19-37(33)51-45(35)13-5-3-6-14-45)44-36(46(52-38)15-7-4-8-16-46)24-42(56-44)40-12-10-32(54-40)22-30(26-48)50-2/h9-12,17-24,27-28H,3-8,13-16H2/b29-21-,30-22+. The lowest BCUT2D eigenvalue weighted by Crippen LogP contribution is -2.37. The first-order valence-corrected chi connectivity index (χ1v) is 22.4. The molecule has 10 rings (SSSR count). The molecule has 0 bridgehead atoms. The monoisotopic (exact) mass is 802 g/mol. The number of rotatable bonds is 4. The van der Waals surface area contributed by atoms with E-state index in [0.29, 0.717) is 0 Å². The van der Waals surface area contributed by atoms with Crippen LogP contribution in [-0.2, 0) is 20.7 Å². The summed E-state index contributed by atoms with van der Waals surface area (Å²) in [5.74, 6) is 2.26. The molecule has 0 aromatic carbocycles. The molecule has 2 aliphatic heterocycles. The van der Waals surface area contributed by atoms with E-state index in [-0.39, 0.29) is 34.4 Å². The van der Waals surface area contributed by atoms with Crippen LogP contribution in [0, 0.1) is 47.6 Å². The van der Waals surface area contributed by atoms with Gasteiger partial charge < -0.3 is 9.47 Å². The van der Waals surface area contributed by atoms with Crippen LogP contribution in [0.4, 0.5) is 0 Å². The highest BCUT2D eigenvalue weighted by Gasteiger charge is 2.49. The van der Waals surface area contributed by atoms with Gasteiger partial charge in [0.2, 0.25) is 0 Å². The summed E-state index contributed by atoms with van der Waals surface area (Å²) in [7, 11) is 0. The van der Waals surface area contributed by atoms with Crippen LogP contribution >= 0.6 is 45.3 Å². The maximum absolute atomic E-state index is 9.33. The molecule has 6 heterocycles. The fourth-order valence-electron chi connectivity index (χ4n) is 9.37. The molecule has 2 unspecified atom stereocenters. The number of hydrogen-bond acceptors (Lipinski definition) is 8. The van der Waals surface area contributed by atoms with Crippen molar-refractivity contribution in [2.24, 2.45) is 11.8 Å².